The van der Waals surface area contributed by atoms with E-state index < -0.39 is 46.1 Å². The van der Waals surface area contributed by atoms with Crippen LogP contribution in [0, 0.1) is 17.5 Å². The summed E-state index contributed by atoms with van der Waals surface area (Å²) in [4.78, 5) is 23.0. The smallest absolute Gasteiger partial charge is 0.271 e. The summed E-state index contributed by atoms with van der Waals surface area (Å²) in [5.74, 6) is -2.64. The molecule has 0 fully saturated rings. The molecule has 188 valence electrons. The van der Waals surface area contributed by atoms with Crippen molar-refractivity contribution in [3.05, 3.63) is 115 Å². The van der Waals surface area contributed by atoms with Crippen LogP contribution in [0.3, 0.4) is 0 Å². The van der Waals surface area contributed by atoms with E-state index in [0.717, 1.165) is 12.1 Å². The Hall–Kier alpha value is -3.82. The molecule has 2 unspecified atom stereocenters. The number of rotatable bonds is 8. The van der Waals surface area contributed by atoms with Gasteiger partial charge in [-0.1, -0.05) is 18.2 Å². The number of halogens is 4. The van der Waals surface area contributed by atoms with Crippen molar-refractivity contribution in [2.24, 2.45) is 0 Å². The molecule has 4 rings (SSSR count). The van der Waals surface area contributed by atoms with Gasteiger partial charge in [-0.25, -0.2) is 13.2 Å². The number of nitrogens with one attached hydrogen (secondary N) is 2. The van der Waals surface area contributed by atoms with E-state index in [9.17, 15) is 23.5 Å². The van der Waals surface area contributed by atoms with E-state index in [1.165, 1.54) is 31.4 Å². The van der Waals surface area contributed by atoms with Crippen molar-refractivity contribution in [3.63, 3.8) is 0 Å². The highest BCUT2D eigenvalue weighted by molar-refractivity contribution is 5.85. The fraction of sp³-hybridized carbons (Fsp3) is 0.154. The molecular weight excluding hydrogens is 497 g/mol. The Labute approximate surface area is 210 Å². The second kappa shape index (κ2) is 10.8. The summed E-state index contributed by atoms with van der Waals surface area (Å²) in [7, 11) is 1.52. The molecule has 0 aliphatic rings. The molecule has 3 N–H and O–H groups in total. The average Bonchev–Trinajstić information content (AvgIpc) is 2.87. The standard InChI is InChI=1S/C26H21F3N2O4.ClH/c1-13(15-5-9-20(28)21(29)11-15)30-22(14-3-7-17(35-2)8-4-14)18-12-16(6-10-19(18)27)31-23-24(32)26(34)25(23)33;/h3-13,22,30-32H,1-2H3;1H. The fourth-order valence-corrected chi connectivity index (χ4v) is 3.77. The minimum Gasteiger partial charge on any atom is -0.502 e. The zero-order valence-electron chi connectivity index (χ0n) is 19.1. The summed E-state index contributed by atoms with van der Waals surface area (Å²) in [6, 6.07) is 13.1. The van der Waals surface area contributed by atoms with Crippen LogP contribution in [0.5, 0.6) is 11.5 Å². The van der Waals surface area contributed by atoms with Gasteiger partial charge in [0.05, 0.1) is 13.2 Å². The van der Waals surface area contributed by atoms with Crippen LogP contribution in [-0.4, -0.2) is 12.2 Å². The summed E-state index contributed by atoms with van der Waals surface area (Å²) < 4.78 is 47.5. The van der Waals surface area contributed by atoms with Crippen molar-refractivity contribution >= 4 is 23.8 Å². The Morgan fingerprint density at radius 3 is 2.08 bits per heavy atom. The summed E-state index contributed by atoms with van der Waals surface area (Å²) in [5, 5.41) is 15.5. The Morgan fingerprint density at radius 2 is 1.47 bits per heavy atom. The van der Waals surface area contributed by atoms with Gasteiger partial charge in [-0.2, -0.15) is 0 Å². The van der Waals surface area contributed by atoms with Crippen molar-refractivity contribution in [2.75, 3.05) is 12.4 Å². The number of aromatic hydroxyl groups is 1. The van der Waals surface area contributed by atoms with E-state index in [0.29, 0.717) is 16.9 Å². The van der Waals surface area contributed by atoms with Gasteiger partial charge in [-0.3, -0.25) is 14.9 Å². The molecule has 0 aromatic heterocycles. The lowest BCUT2D eigenvalue weighted by Gasteiger charge is -2.26. The Balaban J connectivity index is 0.00000361. The Kier molecular flexibility index (Phi) is 8.07. The maximum atomic E-state index is 15.1. The molecule has 4 aromatic carbocycles. The molecule has 0 saturated heterocycles. The van der Waals surface area contributed by atoms with Gasteiger partial charge in [0, 0.05) is 17.3 Å². The largest absolute Gasteiger partial charge is 0.502 e. The van der Waals surface area contributed by atoms with Crippen LogP contribution in [-0.2, 0) is 0 Å². The zero-order valence-corrected chi connectivity index (χ0v) is 20.0. The normalized spacial score (nSPS) is 12.6. The second-order valence-electron chi connectivity index (χ2n) is 8.01. The van der Waals surface area contributed by atoms with Gasteiger partial charge in [0.2, 0.25) is 0 Å². The molecule has 2 atom stereocenters. The molecule has 0 aliphatic carbocycles. The zero-order chi connectivity index (χ0) is 25.3. The number of hydrogen-bond donors (Lipinski definition) is 3. The first kappa shape index (κ1) is 26.8. The molecule has 0 amide bonds. The number of ether oxygens (including phenoxy) is 1. The third-order valence-corrected chi connectivity index (χ3v) is 5.77. The van der Waals surface area contributed by atoms with Crippen LogP contribution in [0.4, 0.5) is 24.5 Å². The van der Waals surface area contributed by atoms with Crippen LogP contribution in [0.25, 0.3) is 0 Å². The lowest BCUT2D eigenvalue weighted by molar-refractivity contribution is 0.414. The van der Waals surface area contributed by atoms with E-state index in [1.54, 1.807) is 31.2 Å². The predicted molar refractivity (Wildman–Crippen MR) is 133 cm³/mol. The number of methoxy groups -OCH3 is 1. The highest BCUT2D eigenvalue weighted by Gasteiger charge is 2.24. The van der Waals surface area contributed by atoms with Crippen LogP contribution < -0.4 is 26.2 Å². The van der Waals surface area contributed by atoms with Crippen molar-refractivity contribution in [3.8, 4) is 11.5 Å². The average molecular weight is 519 g/mol. The molecule has 10 heteroatoms. The highest BCUT2D eigenvalue weighted by atomic mass is 35.5. The quantitative estimate of drug-likeness (QED) is 0.284. The predicted octanol–water partition coefficient (Wildman–Crippen LogP) is 5.02. The molecule has 0 aliphatic heterocycles. The van der Waals surface area contributed by atoms with E-state index in [-0.39, 0.29) is 29.3 Å². The minimum absolute atomic E-state index is 0. The number of benzene rings is 3. The van der Waals surface area contributed by atoms with Gasteiger partial charge in [0.1, 0.15) is 17.3 Å². The van der Waals surface area contributed by atoms with Crippen LogP contribution in [0.2, 0.25) is 0 Å². The van der Waals surface area contributed by atoms with Gasteiger partial charge in [0.15, 0.2) is 17.4 Å². The van der Waals surface area contributed by atoms with Gasteiger partial charge in [0.25, 0.3) is 10.9 Å². The molecule has 0 heterocycles. The van der Waals surface area contributed by atoms with E-state index in [1.807, 2.05) is 0 Å². The lowest BCUT2D eigenvalue weighted by atomic mass is 9.95. The highest BCUT2D eigenvalue weighted by Crippen LogP contribution is 2.32. The monoisotopic (exact) mass is 518 g/mol. The van der Waals surface area contributed by atoms with Gasteiger partial charge in [-0.15, -0.1) is 12.4 Å². The molecule has 4 aromatic rings. The van der Waals surface area contributed by atoms with Crippen molar-refractivity contribution in [1.29, 1.82) is 0 Å². The summed E-state index contributed by atoms with van der Waals surface area (Å²) in [6.07, 6.45) is 0. The maximum Gasteiger partial charge on any atom is 0.271 e. The number of hydrogen-bond acceptors (Lipinski definition) is 6. The first-order valence-corrected chi connectivity index (χ1v) is 10.6. The molecule has 0 radical (unpaired) electrons. The SMILES string of the molecule is COc1ccc(C(NC(C)c2ccc(F)c(F)c2)c2cc(Nc3c(O)c(=O)c3=O)ccc2F)cc1.Cl. The molecule has 6 nitrogen and oxygen atoms in total. The van der Waals surface area contributed by atoms with Crippen LogP contribution in [0.15, 0.2) is 70.3 Å². The molecule has 0 spiro atoms. The Morgan fingerprint density at radius 1 is 0.833 bits per heavy atom. The van der Waals surface area contributed by atoms with Crippen molar-refractivity contribution in [1.82, 2.24) is 5.32 Å². The van der Waals surface area contributed by atoms with Gasteiger partial charge >= 0.3 is 0 Å². The van der Waals surface area contributed by atoms with Crippen molar-refractivity contribution in [2.45, 2.75) is 19.0 Å². The summed E-state index contributed by atoms with van der Waals surface area (Å²) in [5.41, 5.74) is -0.592. The molecule has 0 bridgehead atoms. The third kappa shape index (κ3) is 5.22. The molecule has 0 saturated carbocycles. The topological polar surface area (TPSA) is 87.7 Å². The first-order chi connectivity index (χ1) is 16.7. The van der Waals surface area contributed by atoms with Crippen LogP contribution >= 0.6 is 12.4 Å². The number of anilines is 2. The summed E-state index contributed by atoms with van der Waals surface area (Å²) in [6.45, 7) is 1.73. The summed E-state index contributed by atoms with van der Waals surface area (Å²) >= 11 is 0. The third-order valence-electron chi connectivity index (χ3n) is 5.77. The van der Waals surface area contributed by atoms with E-state index >= 15 is 4.39 Å². The van der Waals surface area contributed by atoms with Gasteiger partial charge < -0.3 is 15.2 Å². The lowest BCUT2D eigenvalue weighted by Crippen LogP contribution is -2.32. The maximum absolute atomic E-state index is 15.1. The Bertz CT molecular complexity index is 1450. The van der Waals surface area contributed by atoms with Crippen molar-refractivity contribution < 1.29 is 23.0 Å². The van der Waals surface area contributed by atoms with Crippen LogP contribution in [0.1, 0.15) is 35.7 Å². The van der Waals surface area contributed by atoms with Gasteiger partial charge in [-0.05, 0) is 60.5 Å². The second-order valence-corrected chi connectivity index (χ2v) is 8.01. The van der Waals surface area contributed by atoms with E-state index in [4.69, 9.17) is 4.74 Å². The molecular formula is C26H22ClF3N2O4. The van der Waals surface area contributed by atoms with E-state index in [2.05, 4.69) is 10.6 Å². The fourth-order valence-electron chi connectivity index (χ4n) is 3.77. The first-order valence-electron chi connectivity index (χ1n) is 10.6. The minimum atomic E-state index is -0.998. The molecule has 36 heavy (non-hydrogen) atoms.